The number of aliphatic carboxylic acids is 1. The van der Waals surface area contributed by atoms with Crippen LogP contribution in [0.15, 0.2) is 0 Å². The SMILES string of the molecule is COC(=O)N(C(CNC(=O)OC(C)(C)C)C(=O)O)C12CC3CC(CC(C3)C1)C2. The summed E-state index contributed by atoms with van der Waals surface area (Å²) in [6.07, 6.45) is 4.60. The van der Waals surface area contributed by atoms with Gasteiger partial charge in [0.2, 0.25) is 0 Å². The van der Waals surface area contributed by atoms with Crippen molar-refractivity contribution in [2.45, 2.75) is 76.5 Å². The van der Waals surface area contributed by atoms with Crippen LogP contribution in [0.1, 0.15) is 59.3 Å². The zero-order chi connectivity index (χ0) is 20.7. The maximum atomic E-state index is 12.7. The molecule has 0 aliphatic heterocycles. The Labute approximate surface area is 165 Å². The molecule has 0 spiro atoms. The van der Waals surface area contributed by atoms with Gasteiger partial charge < -0.3 is 19.9 Å². The van der Waals surface area contributed by atoms with Crippen molar-refractivity contribution in [1.29, 1.82) is 0 Å². The van der Waals surface area contributed by atoms with E-state index in [1.165, 1.54) is 31.3 Å². The van der Waals surface area contributed by atoms with Crippen LogP contribution in [0.3, 0.4) is 0 Å². The van der Waals surface area contributed by atoms with Crippen LogP contribution in [0.5, 0.6) is 0 Å². The first-order chi connectivity index (χ1) is 13.0. The first kappa shape index (κ1) is 20.7. The average molecular weight is 396 g/mol. The number of nitrogens with zero attached hydrogens (tertiary/aromatic N) is 1. The molecule has 4 aliphatic carbocycles. The molecule has 4 saturated carbocycles. The van der Waals surface area contributed by atoms with Gasteiger partial charge in [0.15, 0.2) is 6.04 Å². The number of amides is 2. The summed E-state index contributed by atoms with van der Waals surface area (Å²) in [6, 6.07) is -1.20. The molecule has 8 nitrogen and oxygen atoms in total. The number of carbonyl (C=O) groups is 3. The van der Waals surface area contributed by atoms with Crippen LogP contribution in [0.4, 0.5) is 9.59 Å². The third kappa shape index (κ3) is 4.20. The highest BCUT2D eigenvalue weighted by Crippen LogP contribution is 2.58. The van der Waals surface area contributed by atoms with E-state index in [4.69, 9.17) is 9.47 Å². The summed E-state index contributed by atoms with van der Waals surface area (Å²) in [7, 11) is 1.27. The molecule has 158 valence electrons. The maximum absolute atomic E-state index is 12.7. The van der Waals surface area contributed by atoms with Gasteiger partial charge in [0, 0.05) is 5.54 Å². The number of carboxylic acid groups (broad SMARTS) is 1. The van der Waals surface area contributed by atoms with Crippen LogP contribution in [-0.4, -0.2) is 59.0 Å². The Morgan fingerprint density at radius 3 is 2.00 bits per heavy atom. The zero-order valence-corrected chi connectivity index (χ0v) is 17.2. The Morgan fingerprint density at radius 1 is 1.11 bits per heavy atom. The Bertz CT molecular complexity index is 606. The van der Waals surface area contributed by atoms with Crippen LogP contribution in [0.25, 0.3) is 0 Å². The summed E-state index contributed by atoms with van der Waals surface area (Å²) in [5.41, 5.74) is -1.19. The minimum atomic E-state index is -1.20. The number of ether oxygens (including phenoxy) is 2. The van der Waals surface area contributed by atoms with Gasteiger partial charge in [-0.05, 0) is 77.0 Å². The number of methoxy groups -OCH3 is 1. The predicted molar refractivity (Wildman–Crippen MR) is 101 cm³/mol. The molecule has 0 aromatic carbocycles. The van der Waals surface area contributed by atoms with Gasteiger partial charge in [0.1, 0.15) is 5.60 Å². The smallest absolute Gasteiger partial charge is 0.410 e. The van der Waals surface area contributed by atoms with Gasteiger partial charge in [0.25, 0.3) is 0 Å². The van der Waals surface area contributed by atoms with Crippen LogP contribution in [0, 0.1) is 17.8 Å². The van der Waals surface area contributed by atoms with Crippen molar-refractivity contribution in [3.63, 3.8) is 0 Å². The van der Waals surface area contributed by atoms with Crippen molar-refractivity contribution >= 4 is 18.2 Å². The number of nitrogens with one attached hydrogen (secondary N) is 1. The van der Waals surface area contributed by atoms with E-state index in [1.807, 2.05) is 0 Å². The van der Waals surface area contributed by atoms with Gasteiger partial charge in [-0.15, -0.1) is 0 Å². The lowest BCUT2D eigenvalue weighted by Gasteiger charge is -2.60. The molecule has 0 heterocycles. The zero-order valence-electron chi connectivity index (χ0n) is 17.2. The minimum absolute atomic E-state index is 0.221. The number of rotatable bonds is 5. The fourth-order valence-electron chi connectivity index (χ4n) is 5.89. The molecular formula is C20H32N2O6. The van der Waals surface area contributed by atoms with Gasteiger partial charge in [0.05, 0.1) is 13.7 Å². The second-order valence-corrected chi connectivity index (χ2v) is 9.72. The first-order valence-corrected chi connectivity index (χ1v) is 10.1. The Morgan fingerprint density at radius 2 is 1.61 bits per heavy atom. The van der Waals surface area contributed by atoms with E-state index in [0.29, 0.717) is 17.8 Å². The van der Waals surface area contributed by atoms with Crippen molar-refractivity contribution in [1.82, 2.24) is 10.2 Å². The molecule has 2 amide bonds. The van der Waals surface area contributed by atoms with Crippen LogP contribution >= 0.6 is 0 Å². The fraction of sp³-hybridized carbons (Fsp3) is 0.850. The van der Waals surface area contributed by atoms with Crippen molar-refractivity contribution in [3.05, 3.63) is 0 Å². The largest absolute Gasteiger partial charge is 0.480 e. The van der Waals surface area contributed by atoms with Crippen molar-refractivity contribution in [3.8, 4) is 0 Å². The second kappa shape index (κ2) is 7.44. The van der Waals surface area contributed by atoms with E-state index in [-0.39, 0.29) is 6.54 Å². The summed E-state index contributed by atoms with van der Waals surface area (Å²) in [4.78, 5) is 38.3. The fourth-order valence-corrected chi connectivity index (χ4v) is 5.89. The Balaban J connectivity index is 1.81. The molecule has 0 radical (unpaired) electrons. The second-order valence-electron chi connectivity index (χ2n) is 9.72. The van der Waals surface area contributed by atoms with Crippen molar-refractivity contribution in [2.75, 3.05) is 13.7 Å². The summed E-state index contributed by atoms with van der Waals surface area (Å²) < 4.78 is 10.2. The van der Waals surface area contributed by atoms with Crippen LogP contribution in [0.2, 0.25) is 0 Å². The predicted octanol–water partition coefficient (Wildman–Crippen LogP) is 3.00. The molecule has 4 aliphatic rings. The van der Waals surface area contributed by atoms with Gasteiger partial charge in [-0.1, -0.05) is 0 Å². The number of carboxylic acids is 1. The third-order valence-electron chi connectivity index (χ3n) is 6.32. The molecule has 0 aromatic rings. The van der Waals surface area contributed by atoms with Crippen molar-refractivity contribution in [2.24, 2.45) is 17.8 Å². The lowest BCUT2D eigenvalue weighted by Crippen LogP contribution is -2.67. The molecule has 0 saturated heterocycles. The van der Waals surface area contributed by atoms with Crippen LogP contribution in [-0.2, 0) is 14.3 Å². The van der Waals surface area contributed by atoms with E-state index in [1.54, 1.807) is 20.8 Å². The standard InChI is InChI=1S/C20H32N2O6/c1-19(2,3)28-17(25)21-11-15(16(23)24)22(18(26)27-4)20-8-12-5-13(9-20)7-14(6-12)10-20/h12-15H,5-11H2,1-4H3,(H,21,25)(H,23,24). The molecule has 1 atom stereocenters. The molecule has 28 heavy (non-hydrogen) atoms. The molecule has 4 rings (SSSR count). The van der Waals surface area contributed by atoms with Gasteiger partial charge in [-0.2, -0.15) is 0 Å². The van der Waals surface area contributed by atoms with Gasteiger partial charge in [-0.3, -0.25) is 4.90 Å². The number of hydrogen-bond donors (Lipinski definition) is 2. The van der Waals surface area contributed by atoms with E-state index in [2.05, 4.69) is 5.32 Å². The summed E-state index contributed by atoms with van der Waals surface area (Å²) in [6.45, 7) is 4.98. The molecule has 1 unspecified atom stereocenters. The van der Waals surface area contributed by atoms with Crippen molar-refractivity contribution < 1.29 is 29.0 Å². The molecule has 8 heteroatoms. The van der Waals surface area contributed by atoms with Gasteiger partial charge >= 0.3 is 18.2 Å². The third-order valence-corrected chi connectivity index (χ3v) is 6.32. The highest BCUT2D eigenvalue weighted by molar-refractivity contribution is 5.82. The minimum Gasteiger partial charge on any atom is -0.480 e. The Hall–Kier alpha value is -1.99. The highest BCUT2D eigenvalue weighted by Gasteiger charge is 2.57. The van der Waals surface area contributed by atoms with E-state index in [0.717, 1.165) is 19.3 Å². The topological polar surface area (TPSA) is 105 Å². The van der Waals surface area contributed by atoms with E-state index in [9.17, 15) is 19.5 Å². The molecule has 4 fully saturated rings. The lowest BCUT2D eigenvalue weighted by atomic mass is 9.52. The summed E-state index contributed by atoms with van der Waals surface area (Å²) in [5, 5.41) is 12.4. The molecule has 0 aromatic heterocycles. The highest BCUT2D eigenvalue weighted by atomic mass is 16.6. The number of hydrogen-bond acceptors (Lipinski definition) is 5. The molecule has 2 N–H and O–H groups in total. The summed E-state index contributed by atoms with van der Waals surface area (Å²) >= 11 is 0. The van der Waals surface area contributed by atoms with Crippen LogP contribution < -0.4 is 5.32 Å². The first-order valence-electron chi connectivity index (χ1n) is 10.1. The molecular weight excluding hydrogens is 364 g/mol. The normalized spacial score (nSPS) is 31.8. The maximum Gasteiger partial charge on any atom is 0.410 e. The average Bonchev–Trinajstić information content (AvgIpc) is 2.54. The van der Waals surface area contributed by atoms with Gasteiger partial charge in [-0.25, -0.2) is 14.4 Å². The van der Waals surface area contributed by atoms with E-state index < -0.39 is 35.3 Å². The number of carbonyl (C=O) groups excluding carboxylic acids is 2. The summed E-state index contributed by atoms with van der Waals surface area (Å²) in [5.74, 6) is 0.446. The quantitative estimate of drug-likeness (QED) is 0.740. The lowest BCUT2D eigenvalue weighted by molar-refractivity contribution is -0.151. The molecule has 4 bridgehead atoms. The van der Waals surface area contributed by atoms with E-state index >= 15 is 0 Å². The Kier molecular flexibility index (Phi) is 5.51. The monoisotopic (exact) mass is 396 g/mol. The number of alkyl carbamates (subject to hydrolysis) is 1.